The quantitative estimate of drug-likeness (QED) is 0.397. The van der Waals surface area contributed by atoms with Crippen molar-refractivity contribution in [3.8, 4) is 11.1 Å². The van der Waals surface area contributed by atoms with Crippen molar-refractivity contribution in [2.75, 3.05) is 19.6 Å². The number of nitrogens with zero attached hydrogens (tertiary/aromatic N) is 1. The minimum Gasteiger partial charge on any atom is -0.481 e. The van der Waals surface area contributed by atoms with Gasteiger partial charge in [-0.1, -0.05) is 66.7 Å². The van der Waals surface area contributed by atoms with Gasteiger partial charge in [0.15, 0.2) is 0 Å². The topological polar surface area (TPSA) is 86.7 Å². The summed E-state index contributed by atoms with van der Waals surface area (Å²) in [7, 11) is 0. The molecule has 0 saturated carbocycles. The Morgan fingerprint density at radius 1 is 0.886 bits per heavy atom. The minimum atomic E-state index is -0.962. The molecule has 0 aliphatic rings. The van der Waals surface area contributed by atoms with Crippen molar-refractivity contribution < 1.29 is 19.5 Å². The van der Waals surface area contributed by atoms with E-state index in [1.165, 1.54) is 0 Å². The third-order valence-corrected chi connectivity index (χ3v) is 5.82. The van der Waals surface area contributed by atoms with E-state index in [1.54, 1.807) is 35.2 Å². The summed E-state index contributed by atoms with van der Waals surface area (Å²) >= 11 is 0. The van der Waals surface area contributed by atoms with Gasteiger partial charge in [-0.25, -0.2) is 0 Å². The van der Waals surface area contributed by atoms with Crippen molar-refractivity contribution in [1.82, 2.24) is 10.2 Å². The average molecular weight is 471 g/mol. The molecule has 0 atom stereocenters. The highest BCUT2D eigenvalue weighted by Crippen LogP contribution is 2.28. The number of carboxylic acids is 1. The number of carbonyl (C=O) groups is 3. The smallest absolute Gasteiger partial charge is 0.305 e. The molecule has 3 rings (SSSR count). The number of nitrogens with one attached hydrogen (secondary N) is 1. The first-order chi connectivity index (χ1) is 16.9. The molecule has 2 N–H and O–H groups in total. The monoisotopic (exact) mass is 470 g/mol. The second kappa shape index (κ2) is 12.3. The lowest BCUT2D eigenvalue weighted by Gasteiger charge is -2.24. The predicted octanol–water partition coefficient (Wildman–Crippen LogP) is 4.74. The van der Waals surface area contributed by atoms with Gasteiger partial charge in [-0.2, -0.15) is 0 Å². The first-order valence-electron chi connectivity index (χ1n) is 11.6. The van der Waals surface area contributed by atoms with Crippen LogP contribution in [0.5, 0.6) is 0 Å². The maximum atomic E-state index is 13.7. The SMILES string of the molecule is C=CCNC(=O)c1ccccc1-c1ccccc1C(=O)N(CCC(=O)O)CCc1ccccc1C. The first kappa shape index (κ1) is 25.4. The number of amides is 2. The van der Waals surface area contributed by atoms with Gasteiger partial charge in [0.1, 0.15) is 0 Å². The lowest BCUT2D eigenvalue weighted by atomic mass is 9.94. The Hall–Kier alpha value is -4.19. The summed E-state index contributed by atoms with van der Waals surface area (Å²) in [5.41, 5.74) is 4.36. The van der Waals surface area contributed by atoms with Crippen LogP contribution in [-0.4, -0.2) is 47.4 Å². The second-order valence-electron chi connectivity index (χ2n) is 8.20. The van der Waals surface area contributed by atoms with Gasteiger partial charge < -0.3 is 15.3 Å². The number of aryl methyl sites for hydroxylation is 1. The van der Waals surface area contributed by atoms with Crippen LogP contribution in [0.15, 0.2) is 85.5 Å². The summed E-state index contributed by atoms with van der Waals surface area (Å²) in [6.45, 7) is 6.45. The molecule has 3 aromatic carbocycles. The number of hydrogen-bond acceptors (Lipinski definition) is 3. The zero-order chi connectivity index (χ0) is 25.2. The Balaban J connectivity index is 1.95. The van der Waals surface area contributed by atoms with Gasteiger partial charge in [-0.15, -0.1) is 6.58 Å². The third kappa shape index (κ3) is 6.67. The highest BCUT2D eigenvalue weighted by Gasteiger charge is 2.22. The van der Waals surface area contributed by atoms with E-state index in [1.807, 2.05) is 55.5 Å². The number of rotatable bonds is 11. The molecular formula is C29H30N2O4. The molecule has 0 unspecified atom stereocenters. The molecule has 0 heterocycles. The molecule has 0 aliphatic heterocycles. The first-order valence-corrected chi connectivity index (χ1v) is 11.6. The normalized spacial score (nSPS) is 10.4. The van der Waals surface area contributed by atoms with Crippen LogP contribution in [0.1, 0.15) is 38.3 Å². The summed E-state index contributed by atoms with van der Waals surface area (Å²) < 4.78 is 0. The highest BCUT2D eigenvalue weighted by atomic mass is 16.4. The lowest BCUT2D eigenvalue weighted by Crippen LogP contribution is -2.35. The van der Waals surface area contributed by atoms with Crippen LogP contribution >= 0.6 is 0 Å². The van der Waals surface area contributed by atoms with Crippen molar-refractivity contribution in [2.24, 2.45) is 0 Å². The Labute approximate surface area is 205 Å². The zero-order valence-electron chi connectivity index (χ0n) is 19.9. The van der Waals surface area contributed by atoms with E-state index in [0.717, 1.165) is 11.1 Å². The molecule has 0 aromatic heterocycles. The Bertz CT molecular complexity index is 1220. The molecule has 180 valence electrons. The Kier molecular flexibility index (Phi) is 8.95. The minimum absolute atomic E-state index is 0.0931. The standard InChI is InChI=1S/C29H30N2O4/c1-3-18-30-28(34)25-14-8-6-12-23(25)24-13-7-9-15-26(24)29(35)31(20-17-27(32)33)19-16-22-11-5-4-10-21(22)2/h3-15H,1,16-20H2,2H3,(H,30,34)(H,32,33). The highest BCUT2D eigenvalue weighted by molar-refractivity contribution is 6.06. The largest absolute Gasteiger partial charge is 0.481 e. The summed E-state index contributed by atoms with van der Waals surface area (Å²) in [5.74, 6) is -1.49. The fraction of sp³-hybridized carbons (Fsp3) is 0.207. The van der Waals surface area contributed by atoms with Gasteiger partial charge in [0.2, 0.25) is 0 Å². The average Bonchev–Trinajstić information content (AvgIpc) is 2.87. The summed E-state index contributed by atoms with van der Waals surface area (Å²) in [4.78, 5) is 39.4. The molecule has 6 heteroatoms. The third-order valence-electron chi connectivity index (χ3n) is 5.82. The predicted molar refractivity (Wildman–Crippen MR) is 137 cm³/mol. The molecule has 0 bridgehead atoms. The molecule has 0 fully saturated rings. The van der Waals surface area contributed by atoms with Gasteiger partial charge >= 0.3 is 5.97 Å². The van der Waals surface area contributed by atoms with Crippen molar-refractivity contribution in [2.45, 2.75) is 19.8 Å². The van der Waals surface area contributed by atoms with Crippen molar-refractivity contribution in [3.05, 3.63) is 108 Å². The van der Waals surface area contributed by atoms with Gasteiger partial charge in [0.05, 0.1) is 6.42 Å². The number of aliphatic carboxylic acids is 1. The van der Waals surface area contributed by atoms with Gasteiger partial charge in [0.25, 0.3) is 11.8 Å². The molecule has 0 aliphatic carbocycles. The fourth-order valence-electron chi connectivity index (χ4n) is 3.94. The molecular weight excluding hydrogens is 440 g/mol. The van der Waals surface area contributed by atoms with E-state index in [0.29, 0.717) is 41.8 Å². The number of carboxylic acid groups (broad SMARTS) is 1. The van der Waals surface area contributed by atoms with Crippen LogP contribution in [0.25, 0.3) is 11.1 Å². The maximum absolute atomic E-state index is 13.7. The van der Waals surface area contributed by atoms with Crippen LogP contribution in [0.4, 0.5) is 0 Å². The van der Waals surface area contributed by atoms with Crippen LogP contribution in [-0.2, 0) is 11.2 Å². The zero-order valence-corrected chi connectivity index (χ0v) is 19.9. The molecule has 2 amide bonds. The van der Waals surface area contributed by atoms with E-state index in [9.17, 15) is 19.5 Å². The van der Waals surface area contributed by atoms with Crippen LogP contribution in [0, 0.1) is 6.92 Å². The van der Waals surface area contributed by atoms with Crippen LogP contribution < -0.4 is 5.32 Å². The van der Waals surface area contributed by atoms with Gasteiger partial charge in [0, 0.05) is 30.8 Å². The van der Waals surface area contributed by atoms with E-state index in [-0.39, 0.29) is 24.8 Å². The summed E-state index contributed by atoms with van der Waals surface area (Å²) in [5, 5.41) is 12.0. The van der Waals surface area contributed by atoms with Gasteiger partial charge in [-0.3, -0.25) is 14.4 Å². The van der Waals surface area contributed by atoms with Crippen molar-refractivity contribution in [3.63, 3.8) is 0 Å². The lowest BCUT2D eigenvalue weighted by molar-refractivity contribution is -0.137. The molecule has 3 aromatic rings. The molecule has 0 saturated heterocycles. The van der Waals surface area contributed by atoms with Crippen LogP contribution in [0.3, 0.4) is 0 Å². The van der Waals surface area contributed by atoms with E-state index < -0.39 is 5.97 Å². The van der Waals surface area contributed by atoms with E-state index in [2.05, 4.69) is 11.9 Å². The molecule has 35 heavy (non-hydrogen) atoms. The molecule has 6 nitrogen and oxygen atoms in total. The van der Waals surface area contributed by atoms with Crippen LogP contribution in [0.2, 0.25) is 0 Å². The molecule has 0 radical (unpaired) electrons. The number of carbonyl (C=O) groups excluding carboxylic acids is 2. The number of hydrogen-bond donors (Lipinski definition) is 2. The number of benzene rings is 3. The summed E-state index contributed by atoms with van der Waals surface area (Å²) in [6.07, 6.45) is 2.07. The fourth-order valence-corrected chi connectivity index (χ4v) is 3.94. The second-order valence-corrected chi connectivity index (χ2v) is 8.20. The Morgan fingerprint density at radius 3 is 2.14 bits per heavy atom. The van der Waals surface area contributed by atoms with E-state index >= 15 is 0 Å². The van der Waals surface area contributed by atoms with E-state index in [4.69, 9.17) is 0 Å². The van der Waals surface area contributed by atoms with Gasteiger partial charge in [-0.05, 0) is 47.7 Å². The maximum Gasteiger partial charge on any atom is 0.305 e. The Morgan fingerprint density at radius 2 is 1.49 bits per heavy atom. The molecule has 0 spiro atoms. The van der Waals surface area contributed by atoms with Crippen molar-refractivity contribution in [1.29, 1.82) is 0 Å². The summed E-state index contributed by atoms with van der Waals surface area (Å²) in [6, 6.07) is 22.2. The van der Waals surface area contributed by atoms with Crippen molar-refractivity contribution >= 4 is 17.8 Å².